The Bertz CT molecular complexity index is 275. The standard InChI is InChI=1S/C7H16N2O4S/c1-2-3-4-14(12,13)9-6(5-8)7(10)11/h6,9H,2-5,8H2,1H3,(H,10,11)/t6-/m0/s1. The molecular weight excluding hydrogens is 208 g/mol. The predicted octanol–water partition coefficient (Wildman–Crippen LogP) is -0.882. The molecule has 0 rings (SSSR count). The minimum absolute atomic E-state index is 0.0622. The second-order valence-electron chi connectivity index (χ2n) is 2.92. The van der Waals surface area contributed by atoms with Crippen LogP contribution < -0.4 is 10.5 Å². The summed E-state index contributed by atoms with van der Waals surface area (Å²) in [6.07, 6.45) is 1.24. The largest absolute Gasteiger partial charge is 0.480 e. The number of carboxylic acids is 1. The molecule has 0 fully saturated rings. The molecule has 0 aliphatic heterocycles. The summed E-state index contributed by atoms with van der Waals surface area (Å²) >= 11 is 0. The molecule has 0 saturated carbocycles. The van der Waals surface area contributed by atoms with Crippen LogP contribution in [0.4, 0.5) is 0 Å². The van der Waals surface area contributed by atoms with Gasteiger partial charge in [-0.3, -0.25) is 4.79 Å². The van der Waals surface area contributed by atoms with Crippen molar-refractivity contribution in [2.45, 2.75) is 25.8 Å². The molecule has 0 unspecified atom stereocenters. The van der Waals surface area contributed by atoms with E-state index >= 15 is 0 Å². The van der Waals surface area contributed by atoms with Crippen LogP contribution in [0.5, 0.6) is 0 Å². The number of unbranched alkanes of at least 4 members (excludes halogenated alkanes) is 1. The molecule has 0 aliphatic carbocycles. The zero-order chi connectivity index (χ0) is 11.2. The van der Waals surface area contributed by atoms with Crippen molar-refractivity contribution in [1.82, 2.24) is 4.72 Å². The predicted molar refractivity (Wildman–Crippen MR) is 52.3 cm³/mol. The summed E-state index contributed by atoms with van der Waals surface area (Å²) in [5.41, 5.74) is 5.10. The molecule has 14 heavy (non-hydrogen) atoms. The molecular formula is C7H16N2O4S. The van der Waals surface area contributed by atoms with Crippen LogP contribution in [0.15, 0.2) is 0 Å². The van der Waals surface area contributed by atoms with E-state index in [2.05, 4.69) is 0 Å². The fourth-order valence-electron chi connectivity index (χ4n) is 0.809. The van der Waals surface area contributed by atoms with Crippen LogP contribution in [0, 0.1) is 0 Å². The Morgan fingerprint density at radius 3 is 2.50 bits per heavy atom. The van der Waals surface area contributed by atoms with Crippen molar-refractivity contribution in [3.63, 3.8) is 0 Å². The van der Waals surface area contributed by atoms with Gasteiger partial charge in [0.2, 0.25) is 10.0 Å². The van der Waals surface area contributed by atoms with Crippen LogP contribution in [0.25, 0.3) is 0 Å². The first kappa shape index (κ1) is 13.3. The summed E-state index contributed by atoms with van der Waals surface area (Å²) in [4.78, 5) is 10.5. The van der Waals surface area contributed by atoms with Gasteiger partial charge in [0.05, 0.1) is 5.75 Å². The summed E-state index contributed by atoms with van der Waals surface area (Å²) in [5, 5.41) is 8.56. The van der Waals surface area contributed by atoms with E-state index in [-0.39, 0.29) is 12.3 Å². The number of aliphatic carboxylic acids is 1. The van der Waals surface area contributed by atoms with Crippen molar-refractivity contribution in [2.24, 2.45) is 5.73 Å². The highest BCUT2D eigenvalue weighted by Crippen LogP contribution is 1.95. The third-order valence-electron chi connectivity index (χ3n) is 1.62. The molecule has 0 aromatic rings. The van der Waals surface area contributed by atoms with Gasteiger partial charge in [-0.15, -0.1) is 0 Å². The van der Waals surface area contributed by atoms with Crippen LogP contribution in [0.1, 0.15) is 19.8 Å². The third-order valence-corrected chi connectivity index (χ3v) is 3.09. The Hall–Kier alpha value is -0.660. The van der Waals surface area contributed by atoms with E-state index < -0.39 is 22.0 Å². The number of sulfonamides is 1. The molecule has 6 nitrogen and oxygen atoms in total. The van der Waals surface area contributed by atoms with Crippen molar-refractivity contribution >= 4 is 16.0 Å². The quantitative estimate of drug-likeness (QED) is 0.520. The molecule has 1 atom stereocenters. The average Bonchev–Trinajstić information content (AvgIpc) is 2.10. The smallest absolute Gasteiger partial charge is 0.323 e. The molecule has 0 aliphatic rings. The first-order valence-corrected chi connectivity index (χ1v) is 6.01. The van der Waals surface area contributed by atoms with Crippen LogP contribution in [0.3, 0.4) is 0 Å². The van der Waals surface area contributed by atoms with Crippen molar-refractivity contribution in [3.05, 3.63) is 0 Å². The maximum Gasteiger partial charge on any atom is 0.323 e. The Balaban J connectivity index is 4.26. The summed E-state index contributed by atoms with van der Waals surface area (Å²) in [6, 6.07) is -1.23. The van der Waals surface area contributed by atoms with Crippen molar-refractivity contribution in [3.8, 4) is 0 Å². The van der Waals surface area contributed by atoms with E-state index in [0.717, 1.165) is 6.42 Å². The topological polar surface area (TPSA) is 109 Å². The lowest BCUT2D eigenvalue weighted by molar-refractivity contribution is -0.138. The lowest BCUT2D eigenvalue weighted by Crippen LogP contribution is -2.46. The van der Waals surface area contributed by atoms with Gasteiger partial charge in [-0.1, -0.05) is 13.3 Å². The first-order chi connectivity index (χ1) is 6.43. The molecule has 7 heteroatoms. The highest BCUT2D eigenvalue weighted by atomic mass is 32.2. The average molecular weight is 224 g/mol. The normalized spacial score (nSPS) is 13.9. The monoisotopic (exact) mass is 224 g/mol. The molecule has 0 radical (unpaired) electrons. The maximum atomic E-state index is 11.2. The van der Waals surface area contributed by atoms with Gasteiger partial charge in [0.1, 0.15) is 6.04 Å². The number of carboxylic acid groups (broad SMARTS) is 1. The van der Waals surface area contributed by atoms with Crippen LogP contribution in [0.2, 0.25) is 0 Å². The number of hydrogen-bond acceptors (Lipinski definition) is 4. The van der Waals surface area contributed by atoms with Crippen LogP contribution >= 0.6 is 0 Å². The van der Waals surface area contributed by atoms with Crippen molar-refractivity contribution < 1.29 is 18.3 Å². The SMILES string of the molecule is CCCCS(=O)(=O)N[C@@H](CN)C(=O)O. The molecule has 0 amide bonds. The van der Waals surface area contributed by atoms with Gasteiger partial charge in [-0.2, -0.15) is 4.72 Å². The van der Waals surface area contributed by atoms with E-state index in [9.17, 15) is 13.2 Å². The summed E-state index contributed by atoms with van der Waals surface area (Å²) < 4.78 is 24.5. The molecule has 0 heterocycles. The molecule has 0 aromatic carbocycles. The number of hydrogen-bond donors (Lipinski definition) is 3. The van der Waals surface area contributed by atoms with Gasteiger partial charge in [0.25, 0.3) is 0 Å². The number of rotatable bonds is 7. The first-order valence-electron chi connectivity index (χ1n) is 4.35. The van der Waals surface area contributed by atoms with Crippen molar-refractivity contribution in [1.29, 1.82) is 0 Å². The number of nitrogens with one attached hydrogen (secondary N) is 1. The number of carbonyl (C=O) groups is 1. The lowest BCUT2D eigenvalue weighted by atomic mass is 10.3. The second-order valence-corrected chi connectivity index (χ2v) is 4.79. The van der Waals surface area contributed by atoms with Gasteiger partial charge in [-0.25, -0.2) is 8.42 Å². The van der Waals surface area contributed by atoms with Crippen LogP contribution in [-0.4, -0.2) is 37.8 Å². The minimum atomic E-state index is -3.51. The molecule has 0 bridgehead atoms. The van der Waals surface area contributed by atoms with Gasteiger partial charge in [-0.05, 0) is 6.42 Å². The molecule has 0 aromatic heterocycles. The zero-order valence-electron chi connectivity index (χ0n) is 8.06. The summed E-state index contributed by atoms with van der Waals surface area (Å²) in [5.74, 6) is -1.32. The highest BCUT2D eigenvalue weighted by molar-refractivity contribution is 7.89. The van der Waals surface area contributed by atoms with Crippen LogP contribution in [-0.2, 0) is 14.8 Å². The van der Waals surface area contributed by atoms with E-state index in [4.69, 9.17) is 10.8 Å². The van der Waals surface area contributed by atoms with E-state index in [1.165, 1.54) is 0 Å². The minimum Gasteiger partial charge on any atom is -0.480 e. The van der Waals surface area contributed by atoms with E-state index in [1.54, 1.807) is 0 Å². The lowest BCUT2D eigenvalue weighted by Gasteiger charge is -2.11. The van der Waals surface area contributed by atoms with Crippen molar-refractivity contribution in [2.75, 3.05) is 12.3 Å². The Labute approximate surface area is 83.5 Å². The molecule has 0 spiro atoms. The van der Waals surface area contributed by atoms with E-state index in [1.807, 2.05) is 11.6 Å². The summed E-state index contributed by atoms with van der Waals surface area (Å²) in [6.45, 7) is 1.60. The fraction of sp³-hybridized carbons (Fsp3) is 0.857. The Morgan fingerprint density at radius 1 is 1.57 bits per heavy atom. The zero-order valence-corrected chi connectivity index (χ0v) is 8.88. The van der Waals surface area contributed by atoms with Gasteiger partial charge >= 0.3 is 5.97 Å². The highest BCUT2D eigenvalue weighted by Gasteiger charge is 2.21. The summed E-state index contributed by atoms with van der Waals surface area (Å²) in [7, 11) is -3.51. The fourth-order valence-corrected chi connectivity index (χ4v) is 2.23. The molecule has 4 N–H and O–H groups in total. The third kappa shape index (κ3) is 5.15. The Morgan fingerprint density at radius 2 is 2.14 bits per heavy atom. The van der Waals surface area contributed by atoms with Gasteiger partial charge < -0.3 is 10.8 Å². The molecule has 0 saturated heterocycles. The number of nitrogens with two attached hydrogens (primary N) is 1. The Kier molecular flexibility index (Phi) is 5.66. The second kappa shape index (κ2) is 5.94. The molecule has 84 valence electrons. The maximum absolute atomic E-state index is 11.2. The van der Waals surface area contributed by atoms with Gasteiger partial charge in [0.15, 0.2) is 0 Å². The van der Waals surface area contributed by atoms with E-state index in [0.29, 0.717) is 6.42 Å². The van der Waals surface area contributed by atoms with Gasteiger partial charge in [0, 0.05) is 6.54 Å².